The smallest absolute Gasteiger partial charge is 0.243 e. The zero-order valence-corrected chi connectivity index (χ0v) is 15.7. The van der Waals surface area contributed by atoms with Crippen LogP contribution in [0.5, 0.6) is 0 Å². The maximum Gasteiger partial charge on any atom is 0.243 e. The van der Waals surface area contributed by atoms with Crippen LogP contribution in [0.25, 0.3) is 0 Å². The summed E-state index contributed by atoms with van der Waals surface area (Å²) in [6, 6.07) is 10.1. The van der Waals surface area contributed by atoms with Crippen LogP contribution in [0, 0.1) is 6.92 Å². The summed E-state index contributed by atoms with van der Waals surface area (Å²) in [6.45, 7) is 2.68. The summed E-state index contributed by atoms with van der Waals surface area (Å²) in [4.78, 5) is 12.6. The number of amides is 1. The standard InChI is InChI=1S/C19H24N2O4S/c1-15-7-9-18(10-8-15)26(23,24)21-11-3-2-5-16(21)13-19(22)20-14-17-6-4-12-25-17/h4,6-10,12,16H,2-3,5,11,13-14H2,1H3,(H,20,22)/t16-/m0/s1. The normalized spacial score (nSPS) is 18.6. The first-order valence-electron chi connectivity index (χ1n) is 8.84. The van der Waals surface area contributed by atoms with Crippen molar-refractivity contribution in [3.63, 3.8) is 0 Å². The molecule has 1 saturated heterocycles. The van der Waals surface area contributed by atoms with Crippen LogP contribution in [-0.2, 0) is 21.4 Å². The molecule has 7 heteroatoms. The first kappa shape index (κ1) is 18.7. The molecule has 0 spiro atoms. The fourth-order valence-electron chi connectivity index (χ4n) is 3.23. The summed E-state index contributed by atoms with van der Waals surface area (Å²) >= 11 is 0. The largest absolute Gasteiger partial charge is 0.467 e. The number of aryl methyl sites for hydroxylation is 1. The second-order valence-electron chi connectivity index (χ2n) is 6.64. The van der Waals surface area contributed by atoms with Crippen LogP contribution < -0.4 is 5.32 Å². The zero-order chi connectivity index (χ0) is 18.6. The highest BCUT2D eigenvalue weighted by molar-refractivity contribution is 7.89. The second-order valence-corrected chi connectivity index (χ2v) is 8.53. The molecule has 1 aromatic carbocycles. The Labute approximate surface area is 154 Å². The van der Waals surface area contributed by atoms with Crippen molar-refractivity contribution in [3.05, 3.63) is 54.0 Å². The Kier molecular flexibility index (Phi) is 5.78. The van der Waals surface area contributed by atoms with Gasteiger partial charge in [-0.1, -0.05) is 24.1 Å². The van der Waals surface area contributed by atoms with Gasteiger partial charge in [0.2, 0.25) is 15.9 Å². The summed E-state index contributed by atoms with van der Waals surface area (Å²) in [5.41, 5.74) is 1.01. The lowest BCUT2D eigenvalue weighted by molar-refractivity contribution is -0.122. The van der Waals surface area contributed by atoms with Crippen molar-refractivity contribution in [1.29, 1.82) is 0 Å². The highest BCUT2D eigenvalue weighted by Crippen LogP contribution is 2.27. The summed E-state index contributed by atoms with van der Waals surface area (Å²) in [5.74, 6) is 0.503. The fourth-order valence-corrected chi connectivity index (χ4v) is 4.92. The molecule has 1 aromatic heterocycles. The van der Waals surface area contributed by atoms with Crippen LogP contribution >= 0.6 is 0 Å². The predicted molar refractivity (Wildman–Crippen MR) is 97.9 cm³/mol. The summed E-state index contributed by atoms with van der Waals surface area (Å²) in [7, 11) is -3.60. The van der Waals surface area contributed by atoms with Crippen molar-refractivity contribution >= 4 is 15.9 Å². The van der Waals surface area contributed by atoms with E-state index in [0.717, 1.165) is 18.4 Å². The van der Waals surface area contributed by atoms with Gasteiger partial charge in [-0.3, -0.25) is 4.79 Å². The molecule has 0 bridgehead atoms. The molecule has 1 fully saturated rings. The maximum atomic E-state index is 13.0. The van der Waals surface area contributed by atoms with E-state index in [1.54, 1.807) is 42.7 Å². The molecule has 6 nitrogen and oxygen atoms in total. The van der Waals surface area contributed by atoms with Crippen LogP contribution in [0.15, 0.2) is 52.0 Å². The van der Waals surface area contributed by atoms with Crippen LogP contribution in [0.1, 0.15) is 37.0 Å². The van der Waals surface area contributed by atoms with E-state index < -0.39 is 10.0 Å². The van der Waals surface area contributed by atoms with Crippen molar-refractivity contribution in [2.45, 2.75) is 50.1 Å². The third-order valence-corrected chi connectivity index (χ3v) is 6.63. The highest BCUT2D eigenvalue weighted by Gasteiger charge is 2.34. The first-order valence-corrected chi connectivity index (χ1v) is 10.3. The lowest BCUT2D eigenvalue weighted by Crippen LogP contribution is -2.45. The van der Waals surface area contributed by atoms with E-state index in [9.17, 15) is 13.2 Å². The summed E-state index contributed by atoms with van der Waals surface area (Å²) < 4.78 is 32.7. The average Bonchev–Trinajstić information content (AvgIpc) is 3.14. The fraction of sp³-hybridized carbons (Fsp3) is 0.421. The lowest BCUT2D eigenvalue weighted by atomic mass is 10.0. The van der Waals surface area contributed by atoms with Crippen LogP contribution in [0.3, 0.4) is 0 Å². The topological polar surface area (TPSA) is 79.6 Å². The molecule has 0 radical (unpaired) electrons. The quantitative estimate of drug-likeness (QED) is 0.841. The summed E-state index contributed by atoms with van der Waals surface area (Å²) in [6.07, 6.45) is 4.15. The van der Waals surface area contributed by atoms with Gasteiger partial charge in [0, 0.05) is 19.0 Å². The molecular weight excluding hydrogens is 352 g/mol. The Hall–Kier alpha value is -2.12. The third kappa shape index (κ3) is 4.34. The Morgan fingerprint density at radius 1 is 1.23 bits per heavy atom. The van der Waals surface area contributed by atoms with Crippen molar-refractivity contribution in [1.82, 2.24) is 9.62 Å². The number of hydrogen-bond donors (Lipinski definition) is 1. The molecule has 3 rings (SSSR count). The second kappa shape index (κ2) is 8.05. The van der Waals surface area contributed by atoms with Gasteiger partial charge < -0.3 is 9.73 Å². The van der Waals surface area contributed by atoms with Gasteiger partial charge in [-0.05, 0) is 44.0 Å². The number of rotatable bonds is 6. The van der Waals surface area contributed by atoms with Gasteiger partial charge in [0.05, 0.1) is 17.7 Å². The third-order valence-electron chi connectivity index (χ3n) is 4.66. The van der Waals surface area contributed by atoms with Crippen LogP contribution in [-0.4, -0.2) is 31.2 Å². The van der Waals surface area contributed by atoms with E-state index >= 15 is 0 Å². The first-order chi connectivity index (χ1) is 12.5. The van der Waals surface area contributed by atoms with Crippen molar-refractivity contribution in [2.24, 2.45) is 0 Å². The average molecular weight is 376 g/mol. The number of benzene rings is 1. The summed E-state index contributed by atoms with van der Waals surface area (Å²) in [5, 5.41) is 2.80. The Bertz CT molecular complexity index is 829. The van der Waals surface area contributed by atoms with E-state index in [4.69, 9.17) is 4.42 Å². The Morgan fingerprint density at radius 2 is 2.00 bits per heavy atom. The van der Waals surface area contributed by atoms with Gasteiger partial charge in [-0.2, -0.15) is 4.31 Å². The molecule has 2 aromatic rings. The molecule has 1 aliphatic heterocycles. The number of hydrogen-bond acceptors (Lipinski definition) is 4. The number of furan rings is 1. The van der Waals surface area contributed by atoms with E-state index in [0.29, 0.717) is 25.3 Å². The van der Waals surface area contributed by atoms with Gasteiger partial charge in [0.25, 0.3) is 0 Å². The van der Waals surface area contributed by atoms with Crippen molar-refractivity contribution in [2.75, 3.05) is 6.54 Å². The molecule has 2 heterocycles. The van der Waals surface area contributed by atoms with E-state index in [-0.39, 0.29) is 23.3 Å². The van der Waals surface area contributed by atoms with Crippen LogP contribution in [0.4, 0.5) is 0 Å². The minimum atomic E-state index is -3.60. The van der Waals surface area contributed by atoms with Crippen molar-refractivity contribution in [3.8, 4) is 0 Å². The molecule has 1 amide bonds. The zero-order valence-electron chi connectivity index (χ0n) is 14.8. The minimum Gasteiger partial charge on any atom is -0.467 e. The molecular formula is C19H24N2O4S. The number of carbonyl (C=O) groups is 1. The number of nitrogens with zero attached hydrogens (tertiary/aromatic N) is 1. The number of nitrogens with one attached hydrogen (secondary N) is 1. The van der Waals surface area contributed by atoms with Gasteiger partial charge in [0.15, 0.2) is 0 Å². The number of carbonyl (C=O) groups excluding carboxylic acids is 1. The van der Waals surface area contributed by atoms with Gasteiger partial charge in [0.1, 0.15) is 5.76 Å². The molecule has 1 atom stereocenters. The number of piperidine rings is 1. The van der Waals surface area contributed by atoms with Gasteiger partial charge in [-0.15, -0.1) is 0 Å². The predicted octanol–water partition coefficient (Wildman–Crippen LogP) is 2.84. The number of sulfonamides is 1. The maximum absolute atomic E-state index is 13.0. The monoisotopic (exact) mass is 376 g/mol. The van der Waals surface area contributed by atoms with Crippen molar-refractivity contribution < 1.29 is 17.6 Å². The molecule has 0 unspecified atom stereocenters. The molecule has 0 aliphatic carbocycles. The van der Waals surface area contributed by atoms with Crippen LogP contribution in [0.2, 0.25) is 0 Å². The molecule has 26 heavy (non-hydrogen) atoms. The SMILES string of the molecule is Cc1ccc(S(=O)(=O)N2CCCC[C@H]2CC(=O)NCc2ccco2)cc1. The highest BCUT2D eigenvalue weighted by atomic mass is 32.2. The van der Waals surface area contributed by atoms with Gasteiger partial charge >= 0.3 is 0 Å². The lowest BCUT2D eigenvalue weighted by Gasteiger charge is -2.34. The minimum absolute atomic E-state index is 0.159. The molecule has 1 aliphatic rings. The Morgan fingerprint density at radius 3 is 2.69 bits per heavy atom. The molecule has 1 N–H and O–H groups in total. The van der Waals surface area contributed by atoms with Gasteiger partial charge in [-0.25, -0.2) is 8.42 Å². The molecule has 140 valence electrons. The van der Waals surface area contributed by atoms with E-state index in [1.165, 1.54) is 4.31 Å². The Balaban J connectivity index is 1.68. The molecule has 0 saturated carbocycles. The van der Waals surface area contributed by atoms with E-state index in [2.05, 4.69) is 5.32 Å². The van der Waals surface area contributed by atoms with E-state index in [1.807, 2.05) is 6.92 Å².